The molecule has 1 N–H and O–H groups in total. The lowest BCUT2D eigenvalue weighted by atomic mass is 9.79. The van der Waals surface area contributed by atoms with Crippen LogP contribution in [0, 0.1) is 0 Å². The van der Waals surface area contributed by atoms with E-state index in [9.17, 15) is 5.11 Å². The van der Waals surface area contributed by atoms with Gasteiger partial charge in [-0.3, -0.25) is 0 Å². The summed E-state index contributed by atoms with van der Waals surface area (Å²) in [5.41, 5.74) is 5.20. The second kappa shape index (κ2) is 4.53. The summed E-state index contributed by atoms with van der Waals surface area (Å²) in [5.74, 6) is 0.592. The Labute approximate surface area is 109 Å². The highest BCUT2D eigenvalue weighted by atomic mass is 16.3. The lowest BCUT2D eigenvalue weighted by molar-refractivity contribution is 0.474. The van der Waals surface area contributed by atoms with Gasteiger partial charge in [0.2, 0.25) is 0 Å². The summed E-state index contributed by atoms with van der Waals surface area (Å²) in [5, 5.41) is 9.62. The van der Waals surface area contributed by atoms with E-state index < -0.39 is 0 Å². The monoisotopic (exact) mass is 234 g/mol. The van der Waals surface area contributed by atoms with Crippen LogP contribution >= 0.6 is 0 Å². The van der Waals surface area contributed by atoms with Crippen LogP contribution in [0.2, 0.25) is 6.32 Å². The molecule has 3 rings (SSSR count). The van der Waals surface area contributed by atoms with E-state index in [0.29, 0.717) is 12.1 Å². The van der Waals surface area contributed by atoms with Crippen LogP contribution in [0.5, 0.6) is 5.75 Å². The van der Waals surface area contributed by atoms with E-state index in [2.05, 4.69) is 24.3 Å². The third kappa shape index (κ3) is 1.82. The van der Waals surface area contributed by atoms with Crippen molar-refractivity contribution < 1.29 is 5.11 Å². The van der Waals surface area contributed by atoms with Gasteiger partial charge in [-0.25, -0.2) is 0 Å². The maximum absolute atomic E-state index is 9.62. The molecule has 0 heterocycles. The van der Waals surface area contributed by atoms with Crippen molar-refractivity contribution in [3.05, 3.63) is 64.7 Å². The summed E-state index contributed by atoms with van der Waals surface area (Å²) in [6.07, 6.45) is 2.59. The van der Waals surface area contributed by atoms with Crippen LogP contribution in [0.1, 0.15) is 28.2 Å². The van der Waals surface area contributed by atoms with Gasteiger partial charge in [-0.05, 0) is 47.2 Å². The fraction of sp³-hybridized carbons (Fsp3) is 0.250. The SMILES string of the molecule is [B]CC1c2ccccc2CCc2cc(O)ccc21. The Morgan fingerprint density at radius 1 is 1.00 bits per heavy atom. The Bertz CT molecular complexity index is 577. The van der Waals surface area contributed by atoms with Crippen LogP contribution in [0.15, 0.2) is 42.5 Å². The third-order valence-corrected chi connectivity index (χ3v) is 3.83. The van der Waals surface area contributed by atoms with Gasteiger partial charge in [-0.1, -0.05) is 36.7 Å². The number of phenols is 1. The van der Waals surface area contributed by atoms with Crippen LogP contribution in [0.25, 0.3) is 0 Å². The third-order valence-electron chi connectivity index (χ3n) is 3.83. The van der Waals surface area contributed by atoms with Gasteiger partial charge in [0, 0.05) is 5.92 Å². The van der Waals surface area contributed by atoms with E-state index in [1.165, 1.54) is 22.3 Å². The van der Waals surface area contributed by atoms with Crippen molar-refractivity contribution >= 4 is 7.85 Å². The van der Waals surface area contributed by atoms with Crippen molar-refractivity contribution in [2.75, 3.05) is 0 Å². The first-order chi connectivity index (χ1) is 8.79. The molecule has 2 aromatic carbocycles. The summed E-state index contributed by atoms with van der Waals surface area (Å²) in [4.78, 5) is 0. The molecular formula is C16H15BO. The van der Waals surface area contributed by atoms with E-state index in [1.54, 1.807) is 6.07 Å². The minimum atomic E-state index is 0.249. The minimum absolute atomic E-state index is 0.249. The first kappa shape index (κ1) is 11.4. The van der Waals surface area contributed by atoms with Gasteiger partial charge in [-0.15, -0.1) is 0 Å². The number of fused-ring (bicyclic) bond motifs is 2. The van der Waals surface area contributed by atoms with Crippen molar-refractivity contribution in [2.24, 2.45) is 0 Å². The maximum Gasteiger partial charge on any atom is 0.115 e. The molecule has 0 saturated heterocycles. The summed E-state index contributed by atoms with van der Waals surface area (Å²) < 4.78 is 0. The molecule has 0 bridgehead atoms. The van der Waals surface area contributed by atoms with E-state index in [-0.39, 0.29) is 5.92 Å². The van der Waals surface area contributed by atoms with Crippen molar-refractivity contribution in [3.8, 4) is 5.75 Å². The molecule has 18 heavy (non-hydrogen) atoms. The Kier molecular flexibility index (Phi) is 2.87. The average Bonchev–Trinajstić information content (AvgIpc) is 2.55. The fourth-order valence-corrected chi connectivity index (χ4v) is 2.94. The van der Waals surface area contributed by atoms with Crippen LogP contribution in [0.4, 0.5) is 0 Å². The molecule has 1 aliphatic carbocycles. The van der Waals surface area contributed by atoms with E-state index >= 15 is 0 Å². The molecule has 2 aromatic rings. The lowest BCUT2D eigenvalue weighted by Gasteiger charge is -2.18. The van der Waals surface area contributed by atoms with Crippen molar-refractivity contribution in [1.29, 1.82) is 0 Å². The highest BCUT2D eigenvalue weighted by Crippen LogP contribution is 2.37. The minimum Gasteiger partial charge on any atom is -0.508 e. The summed E-state index contributed by atoms with van der Waals surface area (Å²) >= 11 is 0. The standard InChI is InChI=1S/C16H15BO/c17-10-16-14-4-2-1-3-11(14)5-6-12-9-13(18)7-8-15(12)16/h1-4,7-9,16,18H,5-6,10H2. The van der Waals surface area contributed by atoms with Gasteiger partial charge in [-0.2, -0.15) is 0 Å². The predicted octanol–water partition coefficient (Wildman–Crippen LogP) is 3.21. The van der Waals surface area contributed by atoms with Gasteiger partial charge < -0.3 is 5.11 Å². The fourth-order valence-electron chi connectivity index (χ4n) is 2.94. The average molecular weight is 234 g/mol. The number of phenolic OH excluding ortho intramolecular Hbond substituents is 1. The number of benzene rings is 2. The molecular weight excluding hydrogens is 219 g/mol. The summed E-state index contributed by atoms with van der Waals surface area (Å²) in [6, 6.07) is 14.2. The molecule has 0 amide bonds. The summed E-state index contributed by atoms with van der Waals surface area (Å²) in [7, 11) is 5.98. The molecule has 0 saturated carbocycles. The molecule has 1 aliphatic rings. The molecule has 0 aliphatic heterocycles. The first-order valence-electron chi connectivity index (χ1n) is 6.39. The van der Waals surface area contributed by atoms with Crippen LogP contribution in [-0.2, 0) is 12.8 Å². The van der Waals surface area contributed by atoms with Crippen molar-refractivity contribution in [3.63, 3.8) is 0 Å². The second-order valence-corrected chi connectivity index (χ2v) is 4.87. The zero-order chi connectivity index (χ0) is 12.5. The smallest absolute Gasteiger partial charge is 0.115 e. The first-order valence-corrected chi connectivity index (χ1v) is 6.39. The van der Waals surface area contributed by atoms with E-state index in [0.717, 1.165) is 12.8 Å². The van der Waals surface area contributed by atoms with Crippen molar-refractivity contribution in [2.45, 2.75) is 25.1 Å². The van der Waals surface area contributed by atoms with E-state index in [4.69, 9.17) is 7.85 Å². The highest BCUT2D eigenvalue weighted by molar-refractivity contribution is 6.09. The molecule has 88 valence electrons. The number of hydrogen-bond donors (Lipinski definition) is 1. The maximum atomic E-state index is 9.62. The number of aryl methyl sites for hydroxylation is 2. The normalized spacial score (nSPS) is 17.7. The van der Waals surface area contributed by atoms with Crippen LogP contribution < -0.4 is 0 Å². The van der Waals surface area contributed by atoms with Gasteiger partial charge in [0.15, 0.2) is 0 Å². The second-order valence-electron chi connectivity index (χ2n) is 4.87. The Balaban J connectivity index is 2.18. The Morgan fingerprint density at radius 2 is 1.72 bits per heavy atom. The van der Waals surface area contributed by atoms with Gasteiger partial charge in [0.1, 0.15) is 5.75 Å². The van der Waals surface area contributed by atoms with Crippen LogP contribution in [-0.4, -0.2) is 13.0 Å². The van der Waals surface area contributed by atoms with Crippen LogP contribution in [0.3, 0.4) is 0 Å². The van der Waals surface area contributed by atoms with Crippen molar-refractivity contribution in [1.82, 2.24) is 0 Å². The molecule has 2 radical (unpaired) electrons. The zero-order valence-corrected chi connectivity index (χ0v) is 10.3. The topological polar surface area (TPSA) is 20.2 Å². The van der Waals surface area contributed by atoms with Gasteiger partial charge in [0.05, 0.1) is 7.85 Å². The number of hydrogen-bond acceptors (Lipinski definition) is 1. The van der Waals surface area contributed by atoms with Gasteiger partial charge >= 0.3 is 0 Å². The lowest BCUT2D eigenvalue weighted by Crippen LogP contribution is -2.02. The predicted molar refractivity (Wildman–Crippen MR) is 74.4 cm³/mol. The van der Waals surface area contributed by atoms with Gasteiger partial charge in [0.25, 0.3) is 0 Å². The molecule has 0 spiro atoms. The number of rotatable bonds is 1. The molecule has 0 aromatic heterocycles. The molecule has 0 fully saturated rings. The molecule has 1 atom stereocenters. The number of aromatic hydroxyl groups is 1. The Hall–Kier alpha value is -1.70. The highest BCUT2D eigenvalue weighted by Gasteiger charge is 2.21. The summed E-state index contributed by atoms with van der Waals surface area (Å²) in [6.45, 7) is 0. The quantitative estimate of drug-likeness (QED) is 0.751. The molecule has 2 heteroatoms. The molecule has 1 nitrogen and oxygen atoms in total. The molecule has 1 unspecified atom stereocenters. The Morgan fingerprint density at radius 3 is 2.56 bits per heavy atom. The largest absolute Gasteiger partial charge is 0.508 e. The zero-order valence-electron chi connectivity index (χ0n) is 10.3. The van der Waals surface area contributed by atoms with E-state index in [1.807, 2.05) is 12.1 Å².